The van der Waals surface area contributed by atoms with Crippen molar-refractivity contribution in [1.29, 1.82) is 0 Å². The summed E-state index contributed by atoms with van der Waals surface area (Å²) in [7, 11) is 0. The Hall–Kier alpha value is -0.580. The summed E-state index contributed by atoms with van der Waals surface area (Å²) in [6.07, 6.45) is 1.74. The Labute approximate surface area is 118 Å². The number of thioether (sulfide) groups is 1. The molecule has 1 unspecified atom stereocenters. The molecule has 1 aromatic rings. The van der Waals surface area contributed by atoms with Crippen LogP contribution in [-0.2, 0) is 0 Å². The van der Waals surface area contributed by atoms with Crippen LogP contribution in [0.1, 0.15) is 31.2 Å². The van der Waals surface area contributed by atoms with Gasteiger partial charge in [0.05, 0.1) is 5.60 Å². The van der Waals surface area contributed by atoms with Gasteiger partial charge in [0.1, 0.15) is 5.82 Å². The Morgan fingerprint density at radius 2 is 1.95 bits per heavy atom. The molecule has 0 amide bonds. The second-order valence-electron chi connectivity index (χ2n) is 5.42. The molecule has 1 aliphatic rings. The van der Waals surface area contributed by atoms with Gasteiger partial charge in [-0.25, -0.2) is 4.39 Å². The third-order valence-corrected chi connectivity index (χ3v) is 4.75. The van der Waals surface area contributed by atoms with Crippen LogP contribution in [0, 0.1) is 5.82 Å². The molecule has 0 spiro atoms. The molecule has 1 atom stereocenters. The minimum absolute atomic E-state index is 0.196. The fourth-order valence-corrected chi connectivity index (χ4v) is 3.61. The Morgan fingerprint density at radius 1 is 1.32 bits per heavy atom. The second-order valence-corrected chi connectivity index (χ2v) is 6.64. The molecule has 2 rings (SSSR count). The van der Waals surface area contributed by atoms with Gasteiger partial charge in [0.25, 0.3) is 0 Å². The van der Waals surface area contributed by atoms with Gasteiger partial charge in [-0.3, -0.25) is 0 Å². The van der Waals surface area contributed by atoms with Crippen LogP contribution in [0.2, 0.25) is 0 Å². The monoisotopic (exact) mass is 283 g/mol. The highest BCUT2D eigenvalue weighted by Crippen LogP contribution is 2.26. The van der Waals surface area contributed by atoms with E-state index < -0.39 is 5.60 Å². The third kappa shape index (κ3) is 4.48. The first-order valence-electron chi connectivity index (χ1n) is 6.85. The van der Waals surface area contributed by atoms with Crippen LogP contribution in [0.25, 0.3) is 0 Å². The minimum Gasteiger partial charge on any atom is -0.389 e. The maximum atomic E-state index is 12.8. The van der Waals surface area contributed by atoms with E-state index in [9.17, 15) is 9.50 Å². The Balaban J connectivity index is 1.77. The van der Waals surface area contributed by atoms with Gasteiger partial charge in [-0.05, 0) is 48.0 Å². The molecule has 0 saturated carbocycles. The van der Waals surface area contributed by atoms with E-state index in [1.807, 2.05) is 23.9 Å². The normalized spacial score (nSPS) is 20.2. The number of hydrogen-bond acceptors (Lipinski definition) is 3. The van der Waals surface area contributed by atoms with Crippen molar-refractivity contribution in [1.82, 2.24) is 5.32 Å². The molecule has 1 aromatic carbocycles. The first kappa shape index (κ1) is 14.8. The molecular weight excluding hydrogens is 261 g/mol. The lowest BCUT2D eigenvalue weighted by molar-refractivity contribution is 0.0322. The molecule has 0 bridgehead atoms. The molecule has 19 heavy (non-hydrogen) atoms. The third-order valence-electron chi connectivity index (χ3n) is 3.77. The van der Waals surface area contributed by atoms with Crippen LogP contribution in [0.5, 0.6) is 0 Å². The van der Waals surface area contributed by atoms with Crippen molar-refractivity contribution in [3.63, 3.8) is 0 Å². The number of halogens is 1. The van der Waals surface area contributed by atoms with E-state index in [2.05, 4.69) is 12.2 Å². The first-order chi connectivity index (χ1) is 9.09. The van der Waals surface area contributed by atoms with E-state index in [1.54, 1.807) is 0 Å². The molecule has 1 saturated heterocycles. The SMILES string of the molecule is CC(CNCC1(O)CCSCC1)c1ccc(F)cc1. The van der Waals surface area contributed by atoms with Crippen LogP contribution < -0.4 is 5.32 Å². The van der Waals surface area contributed by atoms with Crippen molar-refractivity contribution in [3.8, 4) is 0 Å². The van der Waals surface area contributed by atoms with E-state index in [-0.39, 0.29) is 5.82 Å². The molecule has 0 aliphatic carbocycles. The van der Waals surface area contributed by atoms with Crippen molar-refractivity contribution >= 4 is 11.8 Å². The zero-order chi connectivity index (χ0) is 13.7. The molecule has 2 nitrogen and oxygen atoms in total. The summed E-state index contributed by atoms with van der Waals surface area (Å²) in [6, 6.07) is 6.65. The van der Waals surface area contributed by atoms with Crippen LogP contribution in [0.3, 0.4) is 0 Å². The summed E-state index contributed by atoms with van der Waals surface area (Å²) in [5.74, 6) is 2.22. The highest BCUT2D eigenvalue weighted by molar-refractivity contribution is 7.99. The number of aliphatic hydroxyl groups is 1. The fraction of sp³-hybridized carbons (Fsp3) is 0.600. The van der Waals surface area contributed by atoms with E-state index in [4.69, 9.17) is 0 Å². The maximum absolute atomic E-state index is 12.8. The molecular formula is C15H22FNOS. The number of nitrogens with one attached hydrogen (secondary N) is 1. The van der Waals surface area contributed by atoms with Crippen molar-refractivity contribution in [2.24, 2.45) is 0 Å². The first-order valence-corrected chi connectivity index (χ1v) is 8.01. The summed E-state index contributed by atoms with van der Waals surface area (Å²) in [6.45, 7) is 3.57. The lowest BCUT2D eigenvalue weighted by Gasteiger charge is -2.32. The predicted molar refractivity (Wildman–Crippen MR) is 79.2 cm³/mol. The summed E-state index contributed by atoms with van der Waals surface area (Å²) in [4.78, 5) is 0. The smallest absolute Gasteiger partial charge is 0.123 e. The summed E-state index contributed by atoms with van der Waals surface area (Å²) < 4.78 is 12.8. The lowest BCUT2D eigenvalue weighted by Crippen LogP contribution is -2.44. The van der Waals surface area contributed by atoms with Crippen LogP contribution >= 0.6 is 11.8 Å². The average Bonchev–Trinajstić information content (AvgIpc) is 2.40. The van der Waals surface area contributed by atoms with E-state index in [0.29, 0.717) is 12.5 Å². The zero-order valence-electron chi connectivity index (χ0n) is 11.4. The zero-order valence-corrected chi connectivity index (χ0v) is 12.2. The standard InChI is InChI=1S/C15H22FNOS/c1-12(13-2-4-14(16)5-3-13)10-17-11-15(18)6-8-19-9-7-15/h2-5,12,17-18H,6-11H2,1H3. The molecule has 0 radical (unpaired) electrons. The van der Waals surface area contributed by atoms with Crippen LogP contribution in [0.4, 0.5) is 4.39 Å². The summed E-state index contributed by atoms with van der Waals surface area (Å²) in [5, 5.41) is 13.7. The van der Waals surface area contributed by atoms with Gasteiger partial charge in [0.2, 0.25) is 0 Å². The molecule has 1 fully saturated rings. The van der Waals surface area contributed by atoms with Gasteiger partial charge in [0.15, 0.2) is 0 Å². The molecule has 0 aromatic heterocycles. The van der Waals surface area contributed by atoms with Gasteiger partial charge >= 0.3 is 0 Å². The Kier molecular flexibility index (Phi) is 5.25. The molecule has 4 heteroatoms. The number of hydrogen-bond donors (Lipinski definition) is 2. The summed E-state index contributed by atoms with van der Waals surface area (Å²) >= 11 is 1.91. The number of benzene rings is 1. The average molecular weight is 283 g/mol. The van der Waals surface area contributed by atoms with Crippen LogP contribution in [-0.4, -0.2) is 35.3 Å². The fourth-order valence-electron chi connectivity index (χ4n) is 2.36. The Morgan fingerprint density at radius 3 is 2.58 bits per heavy atom. The van der Waals surface area contributed by atoms with Crippen LogP contribution in [0.15, 0.2) is 24.3 Å². The largest absolute Gasteiger partial charge is 0.389 e. The maximum Gasteiger partial charge on any atom is 0.123 e. The van der Waals surface area contributed by atoms with Crippen molar-refractivity contribution in [2.45, 2.75) is 31.3 Å². The highest BCUT2D eigenvalue weighted by atomic mass is 32.2. The molecule has 106 valence electrons. The van der Waals surface area contributed by atoms with E-state index >= 15 is 0 Å². The lowest BCUT2D eigenvalue weighted by atomic mass is 9.96. The van der Waals surface area contributed by atoms with Crippen molar-refractivity contribution in [2.75, 3.05) is 24.6 Å². The van der Waals surface area contributed by atoms with Gasteiger partial charge < -0.3 is 10.4 Å². The van der Waals surface area contributed by atoms with Crippen molar-refractivity contribution < 1.29 is 9.50 Å². The molecule has 2 N–H and O–H groups in total. The minimum atomic E-state index is -0.534. The highest BCUT2D eigenvalue weighted by Gasteiger charge is 2.28. The predicted octanol–water partition coefficient (Wildman–Crippen LogP) is 2.78. The number of rotatable bonds is 5. The van der Waals surface area contributed by atoms with Gasteiger partial charge in [0, 0.05) is 13.1 Å². The Bertz CT molecular complexity index is 390. The van der Waals surface area contributed by atoms with E-state index in [0.717, 1.165) is 36.5 Å². The quantitative estimate of drug-likeness (QED) is 0.871. The second kappa shape index (κ2) is 6.73. The van der Waals surface area contributed by atoms with Gasteiger partial charge in [-0.15, -0.1) is 0 Å². The van der Waals surface area contributed by atoms with E-state index in [1.165, 1.54) is 12.1 Å². The van der Waals surface area contributed by atoms with Crippen molar-refractivity contribution in [3.05, 3.63) is 35.6 Å². The molecule has 1 aliphatic heterocycles. The van der Waals surface area contributed by atoms with Gasteiger partial charge in [-0.1, -0.05) is 19.1 Å². The van der Waals surface area contributed by atoms with Gasteiger partial charge in [-0.2, -0.15) is 11.8 Å². The molecule has 1 heterocycles. The topological polar surface area (TPSA) is 32.3 Å². The summed E-state index contributed by atoms with van der Waals surface area (Å²) in [5.41, 5.74) is 0.591.